The molecule has 2 rings (SSSR count). The largest absolute Gasteiger partial charge is 0.418 e. The summed E-state index contributed by atoms with van der Waals surface area (Å²) in [6.45, 7) is 2.80. The number of pyridine rings is 1. The number of halogens is 3. The summed E-state index contributed by atoms with van der Waals surface area (Å²) >= 11 is 0. The predicted octanol–water partition coefficient (Wildman–Crippen LogP) is 1.98. The van der Waals surface area contributed by atoms with Crippen molar-refractivity contribution in [1.29, 1.82) is 0 Å². The Bertz CT molecular complexity index is 514. The molecule has 0 unspecified atom stereocenters. The van der Waals surface area contributed by atoms with Crippen molar-refractivity contribution in [3.05, 3.63) is 29.6 Å². The van der Waals surface area contributed by atoms with Crippen LogP contribution in [0.15, 0.2) is 18.5 Å². The molecule has 1 N–H and O–H groups in total. The van der Waals surface area contributed by atoms with Crippen LogP contribution in [0.2, 0.25) is 0 Å². The number of nitrogens with zero attached hydrogens (tertiary/aromatic N) is 1. The first-order valence-electron chi connectivity index (χ1n) is 6.39. The highest BCUT2D eigenvalue weighted by molar-refractivity contribution is 5.95. The number of carbonyl (C=O) groups excluding carboxylic acids is 1. The number of carbonyl (C=O) groups is 1. The lowest BCUT2D eigenvalue weighted by molar-refractivity contribution is -0.145. The van der Waals surface area contributed by atoms with Crippen LogP contribution < -0.4 is 5.32 Å². The Balaban J connectivity index is 1.98. The van der Waals surface area contributed by atoms with Crippen molar-refractivity contribution in [3.8, 4) is 0 Å². The predicted molar refractivity (Wildman–Crippen MR) is 66.5 cm³/mol. The molecule has 1 aromatic heterocycles. The summed E-state index contributed by atoms with van der Waals surface area (Å²) in [5, 5.41) is 2.44. The van der Waals surface area contributed by atoms with E-state index in [1.54, 1.807) is 6.92 Å². The van der Waals surface area contributed by atoms with Gasteiger partial charge in [-0.25, -0.2) is 0 Å². The molecule has 21 heavy (non-hydrogen) atoms. The van der Waals surface area contributed by atoms with E-state index < -0.39 is 29.0 Å². The highest BCUT2D eigenvalue weighted by atomic mass is 19.4. The number of hydrogen-bond donors (Lipinski definition) is 1. The van der Waals surface area contributed by atoms with Gasteiger partial charge in [0.25, 0.3) is 5.91 Å². The zero-order valence-electron chi connectivity index (χ0n) is 11.4. The van der Waals surface area contributed by atoms with Gasteiger partial charge in [-0.3, -0.25) is 9.78 Å². The van der Waals surface area contributed by atoms with Gasteiger partial charge in [-0.05, 0) is 13.0 Å². The lowest BCUT2D eigenvalue weighted by Crippen LogP contribution is -2.34. The van der Waals surface area contributed by atoms with E-state index >= 15 is 0 Å². The third-order valence-electron chi connectivity index (χ3n) is 3.13. The Morgan fingerprint density at radius 2 is 2.10 bits per heavy atom. The van der Waals surface area contributed by atoms with E-state index in [-0.39, 0.29) is 6.54 Å². The van der Waals surface area contributed by atoms with Crippen molar-refractivity contribution in [2.24, 2.45) is 0 Å². The topological polar surface area (TPSA) is 60.5 Å². The summed E-state index contributed by atoms with van der Waals surface area (Å²) in [6, 6.07) is 1.04. The SMILES string of the molecule is CC1(CCNC(=O)c2ccncc2C(F)(F)F)OCCO1. The Kier molecular flexibility index (Phi) is 4.48. The maximum absolute atomic E-state index is 12.8. The average Bonchev–Trinajstić information content (AvgIpc) is 2.84. The van der Waals surface area contributed by atoms with E-state index in [1.165, 1.54) is 0 Å². The Morgan fingerprint density at radius 1 is 1.43 bits per heavy atom. The van der Waals surface area contributed by atoms with E-state index in [4.69, 9.17) is 9.47 Å². The van der Waals surface area contributed by atoms with Gasteiger partial charge < -0.3 is 14.8 Å². The minimum Gasteiger partial charge on any atom is -0.352 e. The molecule has 0 aromatic carbocycles. The fraction of sp³-hybridized carbons (Fsp3) is 0.538. The number of hydrogen-bond acceptors (Lipinski definition) is 4. The van der Waals surface area contributed by atoms with E-state index in [0.29, 0.717) is 25.8 Å². The summed E-state index contributed by atoms with van der Waals surface area (Å²) in [6.07, 6.45) is -2.48. The van der Waals surface area contributed by atoms with Crippen LogP contribution >= 0.6 is 0 Å². The van der Waals surface area contributed by atoms with E-state index in [1.807, 2.05) is 0 Å². The lowest BCUT2D eigenvalue weighted by atomic mass is 10.1. The fourth-order valence-electron chi connectivity index (χ4n) is 2.02. The highest BCUT2D eigenvalue weighted by Gasteiger charge is 2.36. The third-order valence-corrected chi connectivity index (χ3v) is 3.13. The van der Waals surface area contributed by atoms with Gasteiger partial charge in [-0.2, -0.15) is 13.2 Å². The molecule has 1 aliphatic rings. The number of rotatable bonds is 4. The molecule has 1 aliphatic heterocycles. The molecule has 5 nitrogen and oxygen atoms in total. The van der Waals surface area contributed by atoms with Crippen molar-refractivity contribution >= 4 is 5.91 Å². The standard InChI is InChI=1S/C13H15F3N2O3/c1-12(20-6-7-21-12)3-5-18-11(19)9-2-4-17-8-10(9)13(14,15)16/h2,4,8H,3,5-7H2,1H3,(H,18,19). The van der Waals surface area contributed by atoms with E-state index in [0.717, 1.165) is 12.3 Å². The van der Waals surface area contributed by atoms with Crippen LogP contribution in [0.4, 0.5) is 13.2 Å². The highest BCUT2D eigenvalue weighted by Crippen LogP contribution is 2.31. The molecule has 0 atom stereocenters. The van der Waals surface area contributed by atoms with Gasteiger partial charge in [-0.15, -0.1) is 0 Å². The van der Waals surface area contributed by atoms with Crippen molar-refractivity contribution in [2.75, 3.05) is 19.8 Å². The smallest absolute Gasteiger partial charge is 0.352 e. The zero-order chi connectivity index (χ0) is 15.5. The Labute approximate surface area is 119 Å². The molecule has 0 aliphatic carbocycles. The van der Waals surface area contributed by atoms with Gasteiger partial charge in [0.2, 0.25) is 0 Å². The summed E-state index contributed by atoms with van der Waals surface area (Å²) in [7, 11) is 0. The first-order valence-corrected chi connectivity index (χ1v) is 6.39. The molecule has 116 valence electrons. The second kappa shape index (κ2) is 5.98. The Morgan fingerprint density at radius 3 is 2.71 bits per heavy atom. The van der Waals surface area contributed by atoms with Gasteiger partial charge in [0.15, 0.2) is 5.79 Å². The van der Waals surface area contributed by atoms with Crippen LogP contribution in [0, 0.1) is 0 Å². The molecule has 0 spiro atoms. The molecule has 8 heteroatoms. The van der Waals surface area contributed by atoms with Crippen LogP contribution in [-0.2, 0) is 15.7 Å². The minimum absolute atomic E-state index is 0.148. The van der Waals surface area contributed by atoms with Crippen LogP contribution in [0.3, 0.4) is 0 Å². The molecule has 2 heterocycles. The lowest BCUT2D eigenvalue weighted by Gasteiger charge is -2.22. The maximum Gasteiger partial charge on any atom is 0.418 e. The molecular formula is C13H15F3N2O3. The molecule has 1 fully saturated rings. The molecule has 1 aromatic rings. The first-order chi connectivity index (χ1) is 9.82. The average molecular weight is 304 g/mol. The summed E-state index contributed by atoms with van der Waals surface area (Å²) in [5.41, 5.74) is -1.50. The zero-order valence-corrected chi connectivity index (χ0v) is 11.4. The fourth-order valence-corrected chi connectivity index (χ4v) is 2.02. The van der Waals surface area contributed by atoms with E-state index in [9.17, 15) is 18.0 Å². The van der Waals surface area contributed by atoms with Gasteiger partial charge in [0.1, 0.15) is 0 Å². The van der Waals surface area contributed by atoms with Gasteiger partial charge in [-0.1, -0.05) is 0 Å². The van der Waals surface area contributed by atoms with Crippen molar-refractivity contribution < 1.29 is 27.4 Å². The number of nitrogens with one attached hydrogen (secondary N) is 1. The van der Waals surface area contributed by atoms with Crippen LogP contribution in [0.1, 0.15) is 29.3 Å². The molecule has 1 amide bonds. The monoisotopic (exact) mass is 304 g/mol. The van der Waals surface area contributed by atoms with Crippen molar-refractivity contribution in [3.63, 3.8) is 0 Å². The maximum atomic E-state index is 12.8. The normalized spacial score (nSPS) is 17.7. The number of alkyl halides is 3. The van der Waals surface area contributed by atoms with E-state index in [2.05, 4.69) is 10.3 Å². The summed E-state index contributed by atoms with van der Waals surface area (Å²) in [4.78, 5) is 15.3. The van der Waals surface area contributed by atoms with Gasteiger partial charge in [0, 0.05) is 25.4 Å². The third kappa shape index (κ3) is 3.92. The quantitative estimate of drug-likeness (QED) is 0.924. The van der Waals surface area contributed by atoms with Gasteiger partial charge >= 0.3 is 6.18 Å². The van der Waals surface area contributed by atoms with Crippen molar-refractivity contribution in [1.82, 2.24) is 10.3 Å². The second-order valence-electron chi connectivity index (χ2n) is 4.76. The second-order valence-corrected chi connectivity index (χ2v) is 4.76. The number of ether oxygens (including phenoxy) is 2. The Hall–Kier alpha value is -1.67. The molecular weight excluding hydrogens is 289 g/mol. The van der Waals surface area contributed by atoms with Gasteiger partial charge in [0.05, 0.1) is 24.3 Å². The van der Waals surface area contributed by atoms with Crippen LogP contribution in [0.25, 0.3) is 0 Å². The number of aromatic nitrogens is 1. The minimum atomic E-state index is -4.62. The molecule has 1 saturated heterocycles. The first kappa shape index (κ1) is 15.7. The van der Waals surface area contributed by atoms with Crippen LogP contribution in [-0.4, -0.2) is 36.4 Å². The molecule has 0 bridgehead atoms. The molecule has 0 saturated carbocycles. The molecule has 0 radical (unpaired) electrons. The summed E-state index contributed by atoms with van der Waals surface area (Å²) in [5.74, 6) is -1.59. The summed E-state index contributed by atoms with van der Waals surface area (Å²) < 4.78 is 49.0. The van der Waals surface area contributed by atoms with Crippen molar-refractivity contribution in [2.45, 2.75) is 25.3 Å². The van der Waals surface area contributed by atoms with Crippen LogP contribution in [0.5, 0.6) is 0 Å². The number of amides is 1.